The summed E-state index contributed by atoms with van der Waals surface area (Å²) >= 11 is 6.05. The van der Waals surface area contributed by atoms with E-state index in [0.29, 0.717) is 18.7 Å². The van der Waals surface area contributed by atoms with E-state index >= 15 is 0 Å². The number of anilines is 1. The molecule has 28 heavy (non-hydrogen) atoms. The zero-order valence-electron chi connectivity index (χ0n) is 16.4. The topological polar surface area (TPSA) is 58.6 Å². The summed E-state index contributed by atoms with van der Waals surface area (Å²) in [4.78, 5) is 2.58. The second kappa shape index (κ2) is 9.16. The van der Waals surface area contributed by atoms with Crippen molar-refractivity contribution in [2.75, 3.05) is 31.6 Å². The second-order valence-corrected chi connectivity index (χ2v) is 9.17. The minimum absolute atomic E-state index is 0.138. The van der Waals surface area contributed by atoms with Gasteiger partial charge >= 0.3 is 0 Å². The quantitative estimate of drug-likeness (QED) is 0.697. The molecule has 0 atom stereocenters. The molecule has 152 valence electrons. The van der Waals surface area contributed by atoms with Crippen LogP contribution in [-0.4, -0.2) is 35.2 Å². The van der Waals surface area contributed by atoms with Crippen molar-refractivity contribution >= 4 is 27.3 Å². The van der Waals surface area contributed by atoms with Crippen molar-refractivity contribution in [2.24, 2.45) is 0 Å². The van der Waals surface area contributed by atoms with Crippen LogP contribution in [0.1, 0.15) is 30.9 Å². The summed E-state index contributed by atoms with van der Waals surface area (Å²) in [6.07, 6.45) is 4.03. The first kappa shape index (κ1) is 21.0. The number of hydrogen-bond acceptors (Lipinski definition) is 4. The van der Waals surface area contributed by atoms with Gasteiger partial charge < -0.3 is 9.64 Å². The second-order valence-electron chi connectivity index (χ2n) is 7.00. The maximum absolute atomic E-state index is 12.5. The Bertz CT molecular complexity index is 931. The van der Waals surface area contributed by atoms with Crippen LogP contribution in [0.3, 0.4) is 0 Å². The number of halogens is 1. The molecule has 5 nitrogen and oxygen atoms in total. The average Bonchev–Trinajstić information content (AvgIpc) is 2.68. The van der Waals surface area contributed by atoms with Crippen LogP contribution in [0, 0.1) is 0 Å². The Kier molecular flexibility index (Phi) is 6.86. The van der Waals surface area contributed by atoms with Crippen LogP contribution in [0.4, 0.5) is 5.69 Å². The molecule has 0 bridgehead atoms. The fraction of sp³-hybridized carbons (Fsp3) is 0.429. The van der Waals surface area contributed by atoms with Gasteiger partial charge in [0.1, 0.15) is 5.75 Å². The molecular weight excluding hydrogens is 396 g/mol. The molecule has 0 spiro atoms. The van der Waals surface area contributed by atoms with Crippen molar-refractivity contribution in [3.63, 3.8) is 0 Å². The normalized spacial score (nSPS) is 14.0. The van der Waals surface area contributed by atoms with Gasteiger partial charge in [-0.2, -0.15) is 0 Å². The lowest BCUT2D eigenvalue weighted by molar-refractivity contribution is 0.414. The van der Waals surface area contributed by atoms with Crippen molar-refractivity contribution in [2.45, 2.75) is 37.5 Å². The SMILES string of the molecule is CCCN1CCCc2cc(CCNS(=O)(=O)c3ccc(OC)c(Cl)c3)ccc21. The highest BCUT2D eigenvalue weighted by atomic mass is 35.5. The molecule has 0 aromatic heterocycles. The van der Waals surface area contributed by atoms with Crippen LogP contribution >= 0.6 is 11.6 Å². The van der Waals surface area contributed by atoms with Gasteiger partial charge in [0.15, 0.2) is 0 Å². The number of fused-ring (bicyclic) bond motifs is 1. The Morgan fingerprint density at radius 3 is 2.75 bits per heavy atom. The van der Waals surface area contributed by atoms with Crippen LogP contribution in [0.2, 0.25) is 5.02 Å². The molecule has 1 aliphatic rings. The number of aryl methyl sites for hydroxylation is 1. The van der Waals surface area contributed by atoms with E-state index in [1.807, 2.05) is 0 Å². The molecule has 0 unspecified atom stereocenters. The summed E-state index contributed by atoms with van der Waals surface area (Å²) in [7, 11) is -2.12. The van der Waals surface area contributed by atoms with E-state index in [1.54, 1.807) is 6.07 Å². The Morgan fingerprint density at radius 2 is 2.04 bits per heavy atom. The standard InChI is InChI=1S/C21H27ClN2O3S/c1-3-12-24-13-4-5-17-14-16(6-8-20(17)24)10-11-23-28(25,26)18-7-9-21(27-2)19(22)15-18/h6-9,14-15,23H,3-5,10-13H2,1-2H3. The first-order valence-electron chi connectivity index (χ1n) is 9.64. The molecule has 0 aliphatic carbocycles. The summed E-state index contributed by atoms with van der Waals surface area (Å²) in [5.74, 6) is 0.451. The van der Waals surface area contributed by atoms with Crippen molar-refractivity contribution in [1.82, 2.24) is 4.72 Å². The van der Waals surface area contributed by atoms with E-state index < -0.39 is 10.0 Å². The monoisotopic (exact) mass is 422 g/mol. The predicted octanol–water partition coefficient (Wildman–Crippen LogP) is 4.03. The van der Waals surface area contributed by atoms with Gasteiger partial charge in [0, 0.05) is 25.3 Å². The number of sulfonamides is 1. The molecule has 0 amide bonds. The first-order chi connectivity index (χ1) is 13.4. The van der Waals surface area contributed by atoms with Gasteiger partial charge in [-0.15, -0.1) is 0 Å². The van der Waals surface area contributed by atoms with Crippen molar-refractivity contribution in [3.05, 3.63) is 52.5 Å². The smallest absolute Gasteiger partial charge is 0.240 e. The first-order valence-corrected chi connectivity index (χ1v) is 11.5. The lowest BCUT2D eigenvalue weighted by atomic mass is 9.98. The third-order valence-corrected chi connectivity index (χ3v) is 6.75. The van der Waals surface area contributed by atoms with Crippen LogP contribution in [-0.2, 0) is 22.9 Å². The molecule has 1 N–H and O–H groups in total. The highest BCUT2D eigenvalue weighted by Crippen LogP contribution is 2.29. The van der Waals surface area contributed by atoms with Gasteiger partial charge in [-0.3, -0.25) is 0 Å². The van der Waals surface area contributed by atoms with Crippen molar-refractivity contribution < 1.29 is 13.2 Å². The molecular formula is C21H27ClN2O3S. The summed E-state index contributed by atoms with van der Waals surface area (Å²) in [6.45, 7) is 4.73. The largest absolute Gasteiger partial charge is 0.495 e. The van der Waals surface area contributed by atoms with Crippen LogP contribution in [0.5, 0.6) is 5.75 Å². The van der Waals surface area contributed by atoms with Gasteiger partial charge in [0.2, 0.25) is 10.0 Å². The van der Waals surface area contributed by atoms with Crippen LogP contribution in [0.25, 0.3) is 0 Å². The van der Waals surface area contributed by atoms with Crippen molar-refractivity contribution in [1.29, 1.82) is 0 Å². The summed E-state index contributed by atoms with van der Waals surface area (Å²) in [5.41, 5.74) is 3.83. The molecule has 1 heterocycles. The Hall–Kier alpha value is -1.76. The minimum Gasteiger partial charge on any atom is -0.495 e. The van der Waals surface area contributed by atoms with Crippen LogP contribution < -0.4 is 14.4 Å². The van der Waals surface area contributed by atoms with E-state index in [-0.39, 0.29) is 9.92 Å². The van der Waals surface area contributed by atoms with Gasteiger partial charge in [-0.05, 0) is 61.1 Å². The summed E-state index contributed by atoms with van der Waals surface area (Å²) < 4.78 is 32.7. The number of methoxy groups -OCH3 is 1. The summed E-state index contributed by atoms with van der Waals surface area (Å²) in [6, 6.07) is 11.0. The molecule has 3 rings (SSSR count). The third kappa shape index (κ3) is 4.80. The third-order valence-electron chi connectivity index (χ3n) is 4.99. The van der Waals surface area contributed by atoms with Crippen LogP contribution in [0.15, 0.2) is 41.3 Å². The van der Waals surface area contributed by atoms with Gasteiger partial charge in [0.25, 0.3) is 0 Å². The predicted molar refractivity (Wildman–Crippen MR) is 114 cm³/mol. The van der Waals surface area contributed by atoms with E-state index in [2.05, 4.69) is 34.7 Å². The van der Waals surface area contributed by atoms with E-state index in [9.17, 15) is 8.42 Å². The summed E-state index contributed by atoms with van der Waals surface area (Å²) in [5, 5.41) is 0.275. The maximum Gasteiger partial charge on any atom is 0.240 e. The fourth-order valence-electron chi connectivity index (χ4n) is 3.61. The molecule has 0 fully saturated rings. The number of hydrogen-bond donors (Lipinski definition) is 1. The minimum atomic E-state index is -3.61. The fourth-order valence-corrected chi connectivity index (χ4v) is 4.99. The van der Waals surface area contributed by atoms with E-state index in [1.165, 1.54) is 36.9 Å². The lowest BCUT2D eigenvalue weighted by Gasteiger charge is -2.31. The van der Waals surface area contributed by atoms with E-state index in [0.717, 1.165) is 31.5 Å². The molecule has 0 saturated heterocycles. The maximum atomic E-state index is 12.5. The van der Waals surface area contributed by atoms with E-state index in [4.69, 9.17) is 16.3 Å². The van der Waals surface area contributed by atoms with Gasteiger partial charge in [-0.1, -0.05) is 30.7 Å². The van der Waals surface area contributed by atoms with Gasteiger partial charge in [-0.25, -0.2) is 13.1 Å². The molecule has 0 saturated carbocycles. The zero-order chi connectivity index (χ0) is 20.1. The Balaban J connectivity index is 1.64. The number of nitrogens with zero attached hydrogens (tertiary/aromatic N) is 1. The molecule has 2 aromatic carbocycles. The van der Waals surface area contributed by atoms with Gasteiger partial charge in [0.05, 0.1) is 17.0 Å². The number of rotatable bonds is 8. The average molecular weight is 423 g/mol. The molecule has 1 aliphatic heterocycles. The number of benzene rings is 2. The molecule has 0 radical (unpaired) electrons. The number of nitrogens with one attached hydrogen (secondary N) is 1. The lowest BCUT2D eigenvalue weighted by Crippen LogP contribution is -2.30. The molecule has 2 aromatic rings. The molecule has 7 heteroatoms. The zero-order valence-corrected chi connectivity index (χ0v) is 17.9. The Labute approximate surface area is 172 Å². The highest BCUT2D eigenvalue weighted by Gasteiger charge is 2.18. The highest BCUT2D eigenvalue weighted by molar-refractivity contribution is 7.89. The van der Waals surface area contributed by atoms with Crippen molar-refractivity contribution in [3.8, 4) is 5.75 Å². The number of ether oxygens (including phenoxy) is 1. The Morgan fingerprint density at radius 1 is 1.21 bits per heavy atom.